The van der Waals surface area contributed by atoms with Gasteiger partial charge in [-0.1, -0.05) is 23.4 Å². The molecular weight excluding hydrogens is 310 g/mol. The smallest absolute Gasteiger partial charge is 0.229 e. The molecule has 1 aliphatic rings. The van der Waals surface area contributed by atoms with E-state index >= 15 is 0 Å². The molecule has 0 bridgehead atoms. The molecule has 2 aromatic heterocycles. The van der Waals surface area contributed by atoms with Gasteiger partial charge in [-0.25, -0.2) is 4.98 Å². The van der Waals surface area contributed by atoms with Crippen LogP contribution in [0.2, 0.25) is 5.15 Å². The van der Waals surface area contributed by atoms with Crippen LogP contribution in [0, 0.1) is 11.8 Å². The molecule has 5 heteroatoms. The molecule has 2 aromatic rings. The normalized spacial score (nSPS) is 18.9. The van der Waals surface area contributed by atoms with Gasteiger partial charge >= 0.3 is 0 Å². The Kier molecular flexibility index (Phi) is 4.06. The summed E-state index contributed by atoms with van der Waals surface area (Å²) in [6, 6.07) is 7.26. The van der Waals surface area contributed by atoms with E-state index in [2.05, 4.69) is 27.1 Å². The van der Waals surface area contributed by atoms with Gasteiger partial charge in [-0.2, -0.15) is 0 Å². The Bertz CT molecular complexity index is 803. The summed E-state index contributed by atoms with van der Waals surface area (Å²) in [5.74, 6) is 5.90. The highest BCUT2D eigenvalue weighted by atomic mass is 35.5. The lowest BCUT2D eigenvalue weighted by atomic mass is 9.94. The Hall–Kier alpha value is -2.38. The van der Waals surface area contributed by atoms with E-state index in [-0.39, 0.29) is 17.4 Å². The molecule has 0 saturated carbocycles. The predicted octanol–water partition coefficient (Wildman–Crippen LogP) is 2.91. The fourth-order valence-corrected chi connectivity index (χ4v) is 2.80. The summed E-state index contributed by atoms with van der Waals surface area (Å²) in [6.45, 7) is 4.04. The zero-order valence-electron chi connectivity index (χ0n) is 12.9. The SMILES string of the molecule is CC1(C)CC(c2ccc(C#Cc3ccnc(Cl)c3)cn2)C(=O)N1. The largest absolute Gasteiger partial charge is 0.351 e. The minimum atomic E-state index is -0.189. The lowest BCUT2D eigenvalue weighted by Crippen LogP contribution is -2.34. The molecule has 3 heterocycles. The van der Waals surface area contributed by atoms with Gasteiger partial charge in [0, 0.05) is 29.1 Å². The summed E-state index contributed by atoms with van der Waals surface area (Å²) in [6.07, 6.45) is 4.07. The molecule has 1 unspecified atom stereocenters. The van der Waals surface area contributed by atoms with Crippen molar-refractivity contribution in [1.29, 1.82) is 0 Å². The summed E-state index contributed by atoms with van der Waals surface area (Å²) >= 11 is 5.83. The van der Waals surface area contributed by atoms with E-state index in [4.69, 9.17) is 11.6 Å². The van der Waals surface area contributed by atoms with Crippen molar-refractivity contribution < 1.29 is 4.79 Å². The fourth-order valence-electron chi connectivity index (χ4n) is 2.62. The second-order valence-corrected chi connectivity index (χ2v) is 6.61. The Morgan fingerprint density at radius 1 is 1.22 bits per heavy atom. The van der Waals surface area contributed by atoms with Crippen LogP contribution in [0.25, 0.3) is 0 Å². The van der Waals surface area contributed by atoms with Crippen LogP contribution >= 0.6 is 11.6 Å². The van der Waals surface area contributed by atoms with E-state index in [1.165, 1.54) is 0 Å². The zero-order chi connectivity index (χ0) is 16.4. The van der Waals surface area contributed by atoms with Crippen molar-refractivity contribution in [2.75, 3.05) is 0 Å². The molecule has 1 amide bonds. The first-order chi connectivity index (χ1) is 10.9. The number of nitrogens with one attached hydrogen (secondary N) is 1. The highest BCUT2D eigenvalue weighted by Gasteiger charge is 2.38. The maximum Gasteiger partial charge on any atom is 0.229 e. The third kappa shape index (κ3) is 3.69. The molecule has 1 atom stereocenters. The molecule has 0 radical (unpaired) electrons. The van der Waals surface area contributed by atoms with Crippen LogP contribution in [0.15, 0.2) is 36.7 Å². The lowest BCUT2D eigenvalue weighted by molar-refractivity contribution is -0.120. The first-order valence-electron chi connectivity index (χ1n) is 7.34. The Morgan fingerprint density at radius 2 is 2.00 bits per heavy atom. The van der Waals surface area contributed by atoms with Gasteiger partial charge < -0.3 is 5.32 Å². The summed E-state index contributed by atoms with van der Waals surface area (Å²) in [7, 11) is 0. The van der Waals surface area contributed by atoms with Crippen LogP contribution in [0.4, 0.5) is 0 Å². The highest BCUT2D eigenvalue weighted by Crippen LogP contribution is 2.31. The summed E-state index contributed by atoms with van der Waals surface area (Å²) in [5.41, 5.74) is 2.19. The van der Waals surface area contributed by atoms with Crippen molar-refractivity contribution in [3.63, 3.8) is 0 Å². The molecule has 23 heavy (non-hydrogen) atoms. The van der Waals surface area contributed by atoms with Gasteiger partial charge in [0.15, 0.2) is 0 Å². The van der Waals surface area contributed by atoms with Crippen molar-refractivity contribution >= 4 is 17.5 Å². The van der Waals surface area contributed by atoms with Gasteiger partial charge in [0.1, 0.15) is 5.15 Å². The number of rotatable bonds is 1. The highest BCUT2D eigenvalue weighted by molar-refractivity contribution is 6.29. The van der Waals surface area contributed by atoms with Gasteiger partial charge in [-0.05, 0) is 44.5 Å². The molecule has 1 fully saturated rings. The Morgan fingerprint density at radius 3 is 2.61 bits per heavy atom. The van der Waals surface area contributed by atoms with Crippen molar-refractivity contribution in [3.05, 3.63) is 58.6 Å². The average Bonchev–Trinajstić information content (AvgIpc) is 2.79. The first kappa shape index (κ1) is 15.5. The van der Waals surface area contributed by atoms with Gasteiger partial charge in [0.25, 0.3) is 0 Å². The maximum atomic E-state index is 12.0. The van der Waals surface area contributed by atoms with Crippen molar-refractivity contribution in [3.8, 4) is 11.8 Å². The molecule has 0 aromatic carbocycles. The molecule has 116 valence electrons. The van der Waals surface area contributed by atoms with Crippen LogP contribution in [0.3, 0.4) is 0 Å². The second-order valence-electron chi connectivity index (χ2n) is 6.22. The predicted molar refractivity (Wildman–Crippen MR) is 89.0 cm³/mol. The van der Waals surface area contributed by atoms with E-state index in [9.17, 15) is 4.79 Å². The average molecular weight is 326 g/mol. The number of carbonyl (C=O) groups excluding carboxylic acids is 1. The third-order valence-electron chi connectivity index (χ3n) is 3.71. The topological polar surface area (TPSA) is 54.9 Å². The van der Waals surface area contributed by atoms with E-state index in [0.29, 0.717) is 5.15 Å². The van der Waals surface area contributed by atoms with Gasteiger partial charge in [0.2, 0.25) is 5.91 Å². The minimum absolute atomic E-state index is 0.0350. The van der Waals surface area contributed by atoms with Crippen LogP contribution in [-0.4, -0.2) is 21.4 Å². The molecule has 1 saturated heterocycles. The van der Waals surface area contributed by atoms with Crippen LogP contribution in [0.5, 0.6) is 0 Å². The number of hydrogen-bond acceptors (Lipinski definition) is 3. The van der Waals surface area contributed by atoms with Gasteiger partial charge in [0.05, 0.1) is 11.6 Å². The molecule has 0 aliphatic carbocycles. The Balaban J connectivity index is 1.77. The van der Waals surface area contributed by atoms with Crippen LogP contribution < -0.4 is 5.32 Å². The third-order valence-corrected chi connectivity index (χ3v) is 3.92. The van der Waals surface area contributed by atoms with Crippen LogP contribution in [0.1, 0.15) is 43.0 Å². The standard InChI is InChI=1S/C18H16ClN3O/c1-18(2)10-14(17(23)22-18)15-6-5-13(11-21-15)4-3-12-7-8-20-16(19)9-12/h5-9,11,14H,10H2,1-2H3,(H,22,23). The second kappa shape index (κ2) is 6.02. The molecule has 4 nitrogen and oxygen atoms in total. The van der Waals surface area contributed by atoms with E-state index in [0.717, 1.165) is 23.2 Å². The number of pyridine rings is 2. The van der Waals surface area contributed by atoms with Gasteiger partial charge in [-0.15, -0.1) is 0 Å². The molecule has 0 spiro atoms. The zero-order valence-corrected chi connectivity index (χ0v) is 13.7. The molecular formula is C18H16ClN3O. The first-order valence-corrected chi connectivity index (χ1v) is 7.72. The molecule has 1 aliphatic heterocycles. The van der Waals surface area contributed by atoms with E-state index in [1.807, 2.05) is 26.0 Å². The van der Waals surface area contributed by atoms with Crippen LogP contribution in [-0.2, 0) is 4.79 Å². The van der Waals surface area contributed by atoms with E-state index in [1.54, 1.807) is 24.5 Å². The summed E-state index contributed by atoms with van der Waals surface area (Å²) in [4.78, 5) is 20.3. The summed E-state index contributed by atoms with van der Waals surface area (Å²) < 4.78 is 0. The van der Waals surface area contributed by atoms with Crippen molar-refractivity contribution in [2.45, 2.75) is 31.7 Å². The molecule has 1 N–H and O–H groups in total. The van der Waals surface area contributed by atoms with E-state index < -0.39 is 0 Å². The lowest BCUT2D eigenvalue weighted by Gasteiger charge is -2.16. The maximum absolute atomic E-state index is 12.0. The minimum Gasteiger partial charge on any atom is -0.351 e. The van der Waals surface area contributed by atoms with Gasteiger partial charge in [-0.3, -0.25) is 9.78 Å². The van der Waals surface area contributed by atoms with Crippen molar-refractivity contribution in [2.24, 2.45) is 0 Å². The number of halogens is 1. The number of aromatic nitrogens is 2. The number of carbonyl (C=O) groups is 1. The summed E-state index contributed by atoms with van der Waals surface area (Å²) in [5, 5.41) is 3.40. The quantitative estimate of drug-likeness (QED) is 0.648. The Labute approximate surface area is 140 Å². The number of nitrogens with zero attached hydrogens (tertiary/aromatic N) is 2. The number of hydrogen-bond donors (Lipinski definition) is 1. The number of amides is 1. The monoisotopic (exact) mass is 325 g/mol. The molecule has 3 rings (SSSR count). The fraction of sp³-hybridized carbons (Fsp3) is 0.278. The van der Waals surface area contributed by atoms with Crippen molar-refractivity contribution in [1.82, 2.24) is 15.3 Å².